The summed E-state index contributed by atoms with van der Waals surface area (Å²) >= 11 is 0. The molecule has 2 heterocycles. The Morgan fingerprint density at radius 3 is 2.58 bits per heavy atom. The summed E-state index contributed by atoms with van der Waals surface area (Å²) in [5.74, 6) is -1.07. The van der Waals surface area contributed by atoms with E-state index in [9.17, 15) is 17.2 Å². The van der Waals surface area contributed by atoms with Crippen LogP contribution in [0.5, 0.6) is 0 Å². The first-order valence-electron chi connectivity index (χ1n) is 10.7. The monoisotopic (exact) mass is 450 g/mol. The summed E-state index contributed by atoms with van der Waals surface area (Å²) < 4.78 is 57.3. The SMILES string of the molecule is CNS(=O)(=O)N1CCC[C@H]([C@@]2(C)CC[C@H](C)c3cc(-c4c(F)cccc4F)nnc32)C1. The summed E-state index contributed by atoms with van der Waals surface area (Å²) in [6.45, 7) is 5.12. The molecule has 168 valence electrons. The zero-order valence-electron chi connectivity index (χ0n) is 18.0. The summed E-state index contributed by atoms with van der Waals surface area (Å²) in [6, 6.07) is 5.52. The predicted octanol–water partition coefficient (Wildman–Crippen LogP) is 3.75. The number of piperidine rings is 1. The highest BCUT2D eigenvalue weighted by Gasteiger charge is 2.45. The fourth-order valence-corrected chi connectivity index (χ4v) is 6.09. The number of hydrogen-bond acceptors (Lipinski definition) is 4. The van der Waals surface area contributed by atoms with Gasteiger partial charge in [-0.3, -0.25) is 0 Å². The highest BCUT2D eigenvalue weighted by atomic mass is 32.2. The lowest BCUT2D eigenvalue weighted by Gasteiger charge is -2.46. The molecule has 2 aliphatic rings. The molecule has 1 aromatic carbocycles. The van der Waals surface area contributed by atoms with Crippen LogP contribution in [-0.4, -0.2) is 43.1 Å². The number of fused-ring (bicyclic) bond motifs is 1. The Morgan fingerprint density at radius 2 is 1.90 bits per heavy atom. The molecular formula is C22H28F2N4O2S. The van der Waals surface area contributed by atoms with Crippen LogP contribution in [0.1, 0.15) is 56.7 Å². The van der Waals surface area contributed by atoms with Crippen molar-refractivity contribution < 1.29 is 17.2 Å². The Hall–Kier alpha value is -1.97. The molecule has 1 fully saturated rings. The average molecular weight is 451 g/mol. The Bertz CT molecular complexity index is 1070. The predicted molar refractivity (Wildman–Crippen MR) is 115 cm³/mol. The summed E-state index contributed by atoms with van der Waals surface area (Å²) in [5, 5.41) is 8.72. The van der Waals surface area contributed by atoms with Crippen molar-refractivity contribution in [1.82, 2.24) is 19.2 Å². The molecule has 1 N–H and O–H groups in total. The van der Waals surface area contributed by atoms with Crippen molar-refractivity contribution in [3.8, 4) is 11.3 Å². The highest BCUT2D eigenvalue weighted by Crippen LogP contribution is 2.48. The van der Waals surface area contributed by atoms with Gasteiger partial charge in [-0.25, -0.2) is 13.5 Å². The van der Waals surface area contributed by atoms with Crippen molar-refractivity contribution in [3.63, 3.8) is 0 Å². The fourth-order valence-electron chi connectivity index (χ4n) is 5.09. The van der Waals surface area contributed by atoms with Crippen LogP contribution in [0.4, 0.5) is 8.78 Å². The van der Waals surface area contributed by atoms with E-state index in [1.165, 1.54) is 29.6 Å². The number of hydrogen-bond donors (Lipinski definition) is 1. The van der Waals surface area contributed by atoms with E-state index in [4.69, 9.17) is 0 Å². The van der Waals surface area contributed by atoms with E-state index < -0.39 is 21.8 Å². The molecule has 4 rings (SSSR count). The number of halogens is 2. The fraction of sp³-hybridized carbons (Fsp3) is 0.545. The molecule has 3 atom stereocenters. The molecule has 0 spiro atoms. The maximum absolute atomic E-state index is 14.3. The van der Waals surface area contributed by atoms with Gasteiger partial charge >= 0.3 is 0 Å². The molecule has 6 nitrogen and oxygen atoms in total. The summed E-state index contributed by atoms with van der Waals surface area (Å²) in [5.41, 5.74) is 1.42. The molecule has 31 heavy (non-hydrogen) atoms. The van der Waals surface area contributed by atoms with E-state index >= 15 is 0 Å². The second-order valence-corrected chi connectivity index (χ2v) is 10.8. The lowest BCUT2D eigenvalue weighted by Crippen LogP contribution is -2.50. The standard InChI is InChI=1S/C22H28F2N4O2S/c1-14-9-10-22(2,15-6-5-11-28(13-15)31(29,30)25-3)21-16(14)12-19(26-27-21)20-17(23)7-4-8-18(20)24/h4,7-8,12,14-15,25H,5-6,9-11,13H2,1-3H3/t14-,15-,22+/m0/s1. The smallest absolute Gasteiger partial charge is 0.206 e. The molecule has 1 aromatic heterocycles. The lowest BCUT2D eigenvalue weighted by atomic mass is 9.62. The molecule has 0 radical (unpaired) electrons. The van der Waals surface area contributed by atoms with E-state index in [-0.39, 0.29) is 28.5 Å². The van der Waals surface area contributed by atoms with Crippen LogP contribution < -0.4 is 4.72 Å². The highest BCUT2D eigenvalue weighted by molar-refractivity contribution is 7.87. The maximum Gasteiger partial charge on any atom is 0.279 e. The van der Waals surface area contributed by atoms with Crippen molar-refractivity contribution in [2.24, 2.45) is 5.92 Å². The normalized spacial score (nSPS) is 27.1. The van der Waals surface area contributed by atoms with Crippen molar-refractivity contribution >= 4 is 10.2 Å². The zero-order valence-corrected chi connectivity index (χ0v) is 18.8. The number of nitrogens with zero attached hydrogens (tertiary/aromatic N) is 3. The van der Waals surface area contributed by atoms with E-state index in [1.807, 2.05) is 0 Å². The van der Waals surface area contributed by atoms with Crippen molar-refractivity contribution in [2.45, 2.75) is 50.9 Å². The van der Waals surface area contributed by atoms with Crippen molar-refractivity contribution in [2.75, 3.05) is 20.1 Å². The molecule has 0 bridgehead atoms. The molecule has 2 aromatic rings. The van der Waals surface area contributed by atoms with Crippen LogP contribution in [0, 0.1) is 17.6 Å². The maximum atomic E-state index is 14.3. The first-order valence-corrected chi connectivity index (χ1v) is 12.1. The van der Waals surface area contributed by atoms with Gasteiger partial charge in [-0.1, -0.05) is 19.9 Å². The minimum Gasteiger partial charge on any atom is -0.206 e. The first kappa shape index (κ1) is 22.2. The third kappa shape index (κ3) is 3.87. The third-order valence-corrected chi connectivity index (χ3v) is 8.62. The lowest BCUT2D eigenvalue weighted by molar-refractivity contribution is 0.152. The van der Waals surface area contributed by atoms with Crippen LogP contribution >= 0.6 is 0 Å². The number of aromatic nitrogens is 2. The minimum absolute atomic E-state index is 0.0842. The average Bonchev–Trinajstić information content (AvgIpc) is 2.76. The van der Waals surface area contributed by atoms with E-state index in [1.54, 1.807) is 6.07 Å². The third-order valence-electron chi connectivity index (χ3n) is 7.09. The molecule has 0 unspecified atom stereocenters. The quantitative estimate of drug-likeness (QED) is 0.770. The van der Waals surface area contributed by atoms with Crippen molar-refractivity contribution in [3.05, 3.63) is 47.2 Å². The second-order valence-electron chi connectivity index (χ2n) is 8.89. The van der Waals surface area contributed by atoms with Gasteiger partial charge in [0.15, 0.2) is 0 Å². The Labute approximate surface area is 182 Å². The molecule has 1 aliphatic heterocycles. The van der Waals surface area contributed by atoms with Gasteiger partial charge in [0.25, 0.3) is 10.2 Å². The van der Waals surface area contributed by atoms with Crippen LogP contribution in [0.3, 0.4) is 0 Å². The zero-order chi connectivity index (χ0) is 22.4. The van der Waals surface area contributed by atoms with E-state index in [0.717, 1.165) is 36.9 Å². The first-order chi connectivity index (χ1) is 14.7. The van der Waals surface area contributed by atoms with E-state index in [0.29, 0.717) is 13.1 Å². The van der Waals surface area contributed by atoms with Gasteiger partial charge in [-0.2, -0.15) is 22.9 Å². The van der Waals surface area contributed by atoms with Gasteiger partial charge in [-0.05, 0) is 61.3 Å². The number of nitrogens with one attached hydrogen (secondary N) is 1. The van der Waals surface area contributed by atoms with Crippen LogP contribution in [-0.2, 0) is 15.6 Å². The van der Waals surface area contributed by atoms with E-state index in [2.05, 4.69) is 28.8 Å². The summed E-state index contributed by atoms with van der Waals surface area (Å²) in [6.07, 6.45) is 3.43. The van der Waals surface area contributed by atoms with Crippen LogP contribution in [0.25, 0.3) is 11.3 Å². The molecule has 1 saturated heterocycles. The van der Waals surface area contributed by atoms with Gasteiger partial charge in [0.2, 0.25) is 0 Å². The van der Waals surface area contributed by atoms with Gasteiger partial charge < -0.3 is 0 Å². The molecule has 1 aliphatic carbocycles. The van der Waals surface area contributed by atoms with Gasteiger partial charge in [0, 0.05) is 25.6 Å². The minimum atomic E-state index is -3.50. The number of rotatable bonds is 4. The molecule has 0 saturated carbocycles. The Morgan fingerprint density at radius 1 is 1.19 bits per heavy atom. The summed E-state index contributed by atoms with van der Waals surface area (Å²) in [4.78, 5) is 0. The molecule has 9 heteroatoms. The van der Waals surface area contributed by atoms with Gasteiger partial charge in [0.05, 0.1) is 17.0 Å². The largest absolute Gasteiger partial charge is 0.279 e. The molecule has 0 amide bonds. The van der Waals surface area contributed by atoms with Gasteiger partial charge in [0.1, 0.15) is 11.6 Å². The van der Waals surface area contributed by atoms with Gasteiger partial charge in [-0.15, -0.1) is 0 Å². The van der Waals surface area contributed by atoms with Crippen LogP contribution in [0.15, 0.2) is 24.3 Å². The Balaban J connectivity index is 1.74. The topological polar surface area (TPSA) is 75.2 Å². The van der Waals surface area contributed by atoms with Crippen molar-refractivity contribution in [1.29, 1.82) is 0 Å². The molecular weight excluding hydrogens is 422 g/mol. The summed E-state index contributed by atoms with van der Waals surface area (Å²) in [7, 11) is -2.07. The van der Waals surface area contributed by atoms with Crippen LogP contribution in [0.2, 0.25) is 0 Å². The second kappa shape index (κ2) is 8.18. The number of benzene rings is 1. The Kier molecular flexibility index (Phi) is 5.87.